The number of unbranched alkanes of at least 4 members (excludes halogenated alkanes) is 1. The van der Waals surface area contributed by atoms with Crippen LogP contribution in [0.3, 0.4) is 0 Å². The van der Waals surface area contributed by atoms with Crippen molar-refractivity contribution in [2.45, 2.75) is 43.0 Å². The first kappa shape index (κ1) is 21.3. The molecule has 0 aromatic rings. The number of fused-ring (bicyclic) bond motifs is 1. The highest BCUT2D eigenvalue weighted by Crippen LogP contribution is 2.33. The van der Waals surface area contributed by atoms with Gasteiger partial charge in [0.1, 0.15) is 11.9 Å². The summed E-state index contributed by atoms with van der Waals surface area (Å²) in [5.41, 5.74) is 0. The van der Waals surface area contributed by atoms with E-state index in [0.29, 0.717) is 31.4 Å². The van der Waals surface area contributed by atoms with Crippen LogP contribution in [0.25, 0.3) is 0 Å². The summed E-state index contributed by atoms with van der Waals surface area (Å²) in [4.78, 5) is 34.0. The fourth-order valence-electron chi connectivity index (χ4n) is 2.98. The first-order chi connectivity index (χ1) is 12.6. The Labute approximate surface area is 166 Å². The first-order valence-electron chi connectivity index (χ1n) is 8.85. The predicted octanol–water partition coefficient (Wildman–Crippen LogP) is 0.783. The molecule has 3 amide bonds. The number of carbonyl (C=O) groups is 3. The van der Waals surface area contributed by atoms with E-state index in [0.717, 1.165) is 25.0 Å². The molecule has 0 aliphatic carbocycles. The molecular weight excluding hydrogens is 426 g/mol. The number of thioether (sulfide) groups is 1. The quantitative estimate of drug-likeness (QED) is 0.175. The number of hydrogen-bond acceptors (Lipinski definition) is 6. The van der Waals surface area contributed by atoms with Crippen LogP contribution >= 0.6 is 27.7 Å². The van der Waals surface area contributed by atoms with E-state index < -0.39 is 0 Å². The summed E-state index contributed by atoms with van der Waals surface area (Å²) < 4.78 is 10.1. The van der Waals surface area contributed by atoms with Crippen LogP contribution in [0.5, 0.6) is 0 Å². The van der Waals surface area contributed by atoms with Gasteiger partial charge in [-0.3, -0.25) is 9.59 Å². The van der Waals surface area contributed by atoms with Gasteiger partial charge in [0.15, 0.2) is 0 Å². The Kier molecular flexibility index (Phi) is 9.55. The number of ether oxygens (including phenoxy) is 2. The van der Waals surface area contributed by atoms with Gasteiger partial charge in [-0.15, -0.1) is 0 Å². The van der Waals surface area contributed by atoms with Gasteiger partial charge in [-0.2, -0.15) is 11.8 Å². The van der Waals surface area contributed by atoms with Gasteiger partial charge in [0.25, 0.3) is 0 Å². The van der Waals surface area contributed by atoms with Crippen LogP contribution < -0.4 is 16.0 Å². The molecule has 2 rings (SSSR count). The number of halogens is 1. The summed E-state index contributed by atoms with van der Waals surface area (Å²) >= 11 is 4.89. The van der Waals surface area contributed by atoms with Gasteiger partial charge in [-0.1, -0.05) is 22.4 Å². The van der Waals surface area contributed by atoms with Crippen LogP contribution in [-0.2, 0) is 19.1 Å². The third-order valence-electron chi connectivity index (χ3n) is 4.25. The molecule has 148 valence electrons. The third-order valence-corrected chi connectivity index (χ3v) is 6.22. The summed E-state index contributed by atoms with van der Waals surface area (Å²) in [7, 11) is 0. The molecule has 0 spiro atoms. The maximum absolute atomic E-state index is 11.8. The number of amides is 3. The van der Waals surface area contributed by atoms with E-state index in [-0.39, 0.29) is 41.9 Å². The van der Waals surface area contributed by atoms with Crippen molar-refractivity contribution in [3.8, 4) is 0 Å². The number of alkyl halides is 1. The maximum atomic E-state index is 11.8. The molecule has 0 aromatic carbocycles. The summed E-state index contributed by atoms with van der Waals surface area (Å²) in [5, 5.41) is 9.34. The Morgan fingerprint density at radius 2 is 2.08 bits per heavy atom. The molecule has 0 radical (unpaired) electrons. The Bertz CT molecular complexity index is 497. The van der Waals surface area contributed by atoms with Gasteiger partial charge in [0, 0.05) is 24.0 Å². The van der Waals surface area contributed by atoms with Crippen molar-refractivity contribution in [3.63, 3.8) is 0 Å². The second-order valence-corrected chi connectivity index (χ2v) is 8.02. The lowest BCUT2D eigenvalue weighted by molar-refractivity contribution is -0.141. The fraction of sp³-hybridized carbons (Fsp3) is 0.812. The summed E-state index contributed by atoms with van der Waals surface area (Å²) in [6.07, 6.45) is 3.32. The molecule has 0 aromatic heterocycles. The monoisotopic (exact) mass is 451 g/mol. The lowest BCUT2D eigenvalue weighted by atomic mass is 10.0. The predicted molar refractivity (Wildman–Crippen MR) is 103 cm³/mol. The standard InChI is InChI=1S/C16H26BrN3O5S/c17-9-14(22)25-8-7-24-6-5-18-13(21)4-2-1-3-12-15-11(10-26-12)19-16(23)20-15/h11-12,15H,1-10H2,(H,18,21)(H2,19,20,23)/t11-,12-,15-/m0/s1. The second kappa shape index (κ2) is 11.7. The highest BCUT2D eigenvalue weighted by atomic mass is 79.9. The molecule has 0 bridgehead atoms. The van der Waals surface area contributed by atoms with Crippen LogP contribution in [0, 0.1) is 0 Å². The van der Waals surface area contributed by atoms with Gasteiger partial charge in [0.05, 0.1) is 25.3 Å². The first-order valence-corrected chi connectivity index (χ1v) is 11.0. The number of esters is 1. The van der Waals surface area contributed by atoms with Crippen molar-refractivity contribution in [1.29, 1.82) is 0 Å². The molecule has 2 heterocycles. The molecule has 0 saturated carbocycles. The fourth-order valence-corrected chi connectivity index (χ4v) is 4.69. The smallest absolute Gasteiger partial charge is 0.316 e. The minimum atomic E-state index is -0.319. The molecular formula is C16H26BrN3O5S. The minimum Gasteiger partial charge on any atom is -0.463 e. The van der Waals surface area contributed by atoms with Crippen LogP contribution in [0.4, 0.5) is 4.79 Å². The minimum absolute atomic E-state index is 0.0205. The molecule has 26 heavy (non-hydrogen) atoms. The SMILES string of the molecule is O=C(CCCC[C@@H]1SC[C@@H]2NC(=O)N[C@@H]21)NCCOCCOC(=O)CBr. The topological polar surface area (TPSA) is 106 Å². The largest absolute Gasteiger partial charge is 0.463 e. The number of carbonyl (C=O) groups excluding carboxylic acids is 3. The Morgan fingerprint density at radius 1 is 1.23 bits per heavy atom. The van der Waals surface area contributed by atoms with Gasteiger partial charge in [-0.25, -0.2) is 4.79 Å². The zero-order valence-electron chi connectivity index (χ0n) is 14.6. The second-order valence-electron chi connectivity index (χ2n) is 6.18. The van der Waals surface area contributed by atoms with E-state index in [1.807, 2.05) is 11.8 Å². The Hall–Kier alpha value is -1.000. The average Bonchev–Trinajstić information content (AvgIpc) is 3.17. The maximum Gasteiger partial charge on any atom is 0.316 e. The highest BCUT2D eigenvalue weighted by Gasteiger charge is 2.42. The van der Waals surface area contributed by atoms with Crippen LogP contribution in [-0.4, -0.2) is 72.7 Å². The van der Waals surface area contributed by atoms with Crippen molar-refractivity contribution in [2.24, 2.45) is 0 Å². The Balaban J connectivity index is 1.41. The van der Waals surface area contributed by atoms with Crippen molar-refractivity contribution in [2.75, 3.05) is 37.4 Å². The van der Waals surface area contributed by atoms with E-state index in [9.17, 15) is 14.4 Å². The van der Waals surface area contributed by atoms with Gasteiger partial charge in [0.2, 0.25) is 5.91 Å². The zero-order valence-corrected chi connectivity index (χ0v) is 17.0. The average molecular weight is 452 g/mol. The van der Waals surface area contributed by atoms with E-state index in [2.05, 4.69) is 31.9 Å². The van der Waals surface area contributed by atoms with Crippen LogP contribution in [0.15, 0.2) is 0 Å². The number of urea groups is 1. The number of hydrogen-bond donors (Lipinski definition) is 3. The normalized spacial score (nSPS) is 23.9. The molecule has 2 aliphatic heterocycles. The van der Waals surface area contributed by atoms with Crippen molar-refractivity contribution < 1.29 is 23.9 Å². The van der Waals surface area contributed by atoms with Crippen molar-refractivity contribution in [3.05, 3.63) is 0 Å². The van der Waals surface area contributed by atoms with Crippen LogP contribution in [0.2, 0.25) is 0 Å². The van der Waals surface area contributed by atoms with Gasteiger partial charge >= 0.3 is 12.0 Å². The van der Waals surface area contributed by atoms with Crippen molar-refractivity contribution in [1.82, 2.24) is 16.0 Å². The van der Waals surface area contributed by atoms with Gasteiger partial charge in [-0.05, 0) is 12.8 Å². The molecule has 2 aliphatic rings. The van der Waals surface area contributed by atoms with E-state index in [1.54, 1.807) is 0 Å². The Morgan fingerprint density at radius 3 is 2.88 bits per heavy atom. The molecule has 10 heteroatoms. The molecule has 3 N–H and O–H groups in total. The lowest BCUT2D eigenvalue weighted by Crippen LogP contribution is -2.36. The molecule has 2 saturated heterocycles. The lowest BCUT2D eigenvalue weighted by Gasteiger charge is -2.16. The summed E-state index contributed by atoms with van der Waals surface area (Å²) in [5.74, 6) is 0.663. The molecule has 8 nitrogen and oxygen atoms in total. The third kappa shape index (κ3) is 7.32. The molecule has 0 unspecified atom stereocenters. The van der Waals surface area contributed by atoms with E-state index in [1.165, 1.54) is 0 Å². The van der Waals surface area contributed by atoms with E-state index >= 15 is 0 Å². The number of rotatable bonds is 12. The summed E-state index contributed by atoms with van der Waals surface area (Å²) in [6.45, 7) is 1.38. The highest BCUT2D eigenvalue weighted by molar-refractivity contribution is 9.09. The van der Waals surface area contributed by atoms with Crippen LogP contribution in [0.1, 0.15) is 25.7 Å². The van der Waals surface area contributed by atoms with Gasteiger partial charge < -0.3 is 25.4 Å². The van der Waals surface area contributed by atoms with E-state index in [4.69, 9.17) is 9.47 Å². The summed E-state index contributed by atoms with van der Waals surface area (Å²) in [6, 6.07) is 0.421. The molecule has 3 atom stereocenters. The number of nitrogens with one attached hydrogen (secondary N) is 3. The molecule has 2 fully saturated rings. The van der Waals surface area contributed by atoms with Crippen molar-refractivity contribution >= 4 is 45.6 Å². The zero-order chi connectivity index (χ0) is 18.8.